The van der Waals surface area contributed by atoms with E-state index in [4.69, 9.17) is 4.74 Å². The lowest BCUT2D eigenvalue weighted by Crippen LogP contribution is -2.38. The summed E-state index contributed by atoms with van der Waals surface area (Å²) in [5.41, 5.74) is 1.89. The van der Waals surface area contributed by atoms with Gasteiger partial charge in [0.2, 0.25) is 0 Å². The summed E-state index contributed by atoms with van der Waals surface area (Å²) in [6.45, 7) is -0.483. The molecule has 0 spiro atoms. The van der Waals surface area contributed by atoms with Gasteiger partial charge in [-0.1, -0.05) is 36.4 Å². The first-order valence-electron chi connectivity index (χ1n) is 8.17. The molecule has 2 aromatic carbocycles. The second kappa shape index (κ2) is 9.60. The smallest absolute Gasteiger partial charge is 0.387 e. The molecule has 1 atom stereocenters. The van der Waals surface area contributed by atoms with Crippen LogP contribution in [-0.4, -0.2) is 26.7 Å². The molecule has 2 aromatic rings. The fourth-order valence-electron chi connectivity index (χ4n) is 2.43. The Balaban J connectivity index is 1.99. The topological polar surface area (TPSA) is 54.9 Å². The van der Waals surface area contributed by atoms with Crippen LogP contribution in [0.3, 0.4) is 0 Å². The summed E-state index contributed by atoms with van der Waals surface area (Å²) in [4.78, 5) is 4.19. The standard InChI is InChI=1S/C19H23F2N3O2/c1-13(15-7-5-4-6-8-15)24-19(22-2)23-12-14-9-10-16(25-3)17(11-14)26-18(20)21/h4-11,13,18H,12H2,1-3H3,(H2,22,23,24). The Morgan fingerprint density at radius 3 is 2.46 bits per heavy atom. The molecule has 5 nitrogen and oxygen atoms in total. The van der Waals surface area contributed by atoms with Crippen molar-refractivity contribution >= 4 is 5.96 Å². The predicted octanol–water partition coefficient (Wildman–Crippen LogP) is 3.72. The first-order valence-corrected chi connectivity index (χ1v) is 8.17. The van der Waals surface area contributed by atoms with Crippen LogP contribution >= 0.6 is 0 Å². The van der Waals surface area contributed by atoms with Gasteiger partial charge < -0.3 is 20.1 Å². The van der Waals surface area contributed by atoms with Crippen molar-refractivity contribution in [1.29, 1.82) is 0 Å². The molecule has 26 heavy (non-hydrogen) atoms. The van der Waals surface area contributed by atoms with Crippen LogP contribution in [0.5, 0.6) is 11.5 Å². The van der Waals surface area contributed by atoms with Gasteiger partial charge in [-0.25, -0.2) is 0 Å². The fourth-order valence-corrected chi connectivity index (χ4v) is 2.43. The lowest BCUT2D eigenvalue weighted by molar-refractivity contribution is -0.0512. The summed E-state index contributed by atoms with van der Waals surface area (Å²) < 4.78 is 34.6. The number of methoxy groups -OCH3 is 1. The van der Waals surface area contributed by atoms with E-state index in [2.05, 4.69) is 20.4 Å². The Morgan fingerprint density at radius 2 is 1.85 bits per heavy atom. The average Bonchev–Trinajstić information content (AvgIpc) is 2.65. The maximum atomic E-state index is 12.5. The third kappa shape index (κ3) is 5.61. The molecule has 0 saturated carbocycles. The zero-order chi connectivity index (χ0) is 18.9. The van der Waals surface area contributed by atoms with Crippen LogP contribution in [-0.2, 0) is 6.54 Å². The number of alkyl halides is 2. The highest BCUT2D eigenvalue weighted by Crippen LogP contribution is 2.29. The molecule has 0 bridgehead atoms. The van der Waals surface area contributed by atoms with Gasteiger partial charge >= 0.3 is 6.61 Å². The first kappa shape index (κ1) is 19.5. The van der Waals surface area contributed by atoms with E-state index in [0.29, 0.717) is 12.5 Å². The molecular weight excluding hydrogens is 340 g/mol. The first-order chi connectivity index (χ1) is 12.5. The van der Waals surface area contributed by atoms with Gasteiger partial charge in [-0.05, 0) is 30.2 Å². The number of rotatable bonds is 7. The second-order valence-electron chi connectivity index (χ2n) is 5.57. The van der Waals surface area contributed by atoms with E-state index in [1.165, 1.54) is 13.2 Å². The molecular formula is C19H23F2N3O2. The molecule has 0 amide bonds. The van der Waals surface area contributed by atoms with Crippen molar-refractivity contribution < 1.29 is 18.3 Å². The summed E-state index contributed by atoms with van der Waals surface area (Å²) in [5, 5.41) is 6.44. The number of aliphatic imine (C=N–C) groups is 1. The van der Waals surface area contributed by atoms with E-state index >= 15 is 0 Å². The van der Waals surface area contributed by atoms with Gasteiger partial charge in [0, 0.05) is 13.6 Å². The number of halogens is 2. The quantitative estimate of drug-likeness (QED) is 0.581. The number of benzene rings is 2. The number of guanidine groups is 1. The number of nitrogens with zero attached hydrogens (tertiary/aromatic N) is 1. The van der Waals surface area contributed by atoms with Crippen LogP contribution in [0.2, 0.25) is 0 Å². The SMILES string of the molecule is CN=C(NCc1ccc(OC)c(OC(F)F)c1)NC(C)c1ccccc1. The minimum atomic E-state index is -2.91. The molecule has 7 heteroatoms. The highest BCUT2D eigenvalue weighted by molar-refractivity contribution is 5.80. The van der Waals surface area contributed by atoms with Crippen LogP contribution < -0.4 is 20.1 Å². The van der Waals surface area contributed by atoms with Gasteiger partial charge in [0.25, 0.3) is 0 Å². The van der Waals surface area contributed by atoms with Gasteiger partial charge in [0.05, 0.1) is 13.2 Å². The van der Waals surface area contributed by atoms with Crippen LogP contribution in [0, 0.1) is 0 Å². The Labute approximate surface area is 152 Å². The molecule has 0 aliphatic carbocycles. The largest absolute Gasteiger partial charge is 0.493 e. The average molecular weight is 363 g/mol. The normalized spacial score (nSPS) is 12.6. The van der Waals surface area contributed by atoms with Gasteiger partial charge in [-0.3, -0.25) is 4.99 Å². The molecule has 1 unspecified atom stereocenters. The molecule has 2 N–H and O–H groups in total. The van der Waals surface area contributed by atoms with E-state index in [-0.39, 0.29) is 17.5 Å². The molecule has 140 valence electrons. The molecule has 0 aliphatic heterocycles. The monoisotopic (exact) mass is 363 g/mol. The number of nitrogens with one attached hydrogen (secondary N) is 2. The maximum Gasteiger partial charge on any atom is 0.387 e. The maximum absolute atomic E-state index is 12.5. The van der Waals surface area contributed by atoms with Crippen molar-refractivity contribution in [2.45, 2.75) is 26.1 Å². The van der Waals surface area contributed by atoms with E-state index < -0.39 is 6.61 Å². The Morgan fingerprint density at radius 1 is 1.12 bits per heavy atom. The van der Waals surface area contributed by atoms with Crippen molar-refractivity contribution in [2.75, 3.05) is 14.2 Å². The number of hydrogen-bond acceptors (Lipinski definition) is 3. The minimum Gasteiger partial charge on any atom is -0.493 e. The van der Waals surface area contributed by atoms with E-state index in [1.807, 2.05) is 37.3 Å². The molecule has 0 radical (unpaired) electrons. The molecule has 0 aliphatic rings. The third-order valence-corrected chi connectivity index (χ3v) is 3.78. The van der Waals surface area contributed by atoms with Crippen molar-refractivity contribution in [1.82, 2.24) is 10.6 Å². The summed E-state index contributed by atoms with van der Waals surface area (Å²) >= 11 is 0. The minimum absolute atomic E-state index is 0.00222. The summed E-state index contributed by atoms with van der Waals surface area (Å²) in [5.74, 6) is 0.866. The molecule has 0 heterocycles. The molecule has 0 fully saturated rings. The number of ether oxygens (including phenoxy) is 2. The highest BCUT2D eigenvalue weighted by Gasteiger charge is 2.12. The van der Waals surface area contributed by atoms with Gasteiger partial charge in [0.1, 0.15) is 0 Å². The van der Waals surface area contributed by atoms with E-state index in [1.54, 1.807) is 19.2 Å². The highest BCUT2D eigenvalue weighted by atomic mass is 19.3. The molecule has 0 aromatic heterocycles. The lowest BCUT2D eigenvalue weighted by Gasteiger charge is -2.18. The second-order valence-corrected chi connectivity index (χ2v) is 5.57. The van der Waals surface area contributed by atoms with Crippen molar-refractivity contribution in [3.63, 3.8) is 0 Å². The van der Waals surface area contributed by atoms with Crippen molar-refractivity contribution in [3.05, 3.63) is 59.7 Å². The van der Waals surface area contributed by atoms with Crippen LogP contribution in [0.4, 0.5) is 8.78 Å². The van der Waals surface area contributed by atoms with Gasteiger partial charge in [-0.15, -0.1) is 0 Å². The summed E-state index contributed by atoms with van der Waals surface area (Å²) in [7, 11) is 3.08. The Bertz CT molecular complexity index is 724. The predicted molar refractivity (Wildman–Crippen MR) is 97.8 cm³/mol. The van der Waals surface area contributed by atoms with E-state index in [0.717, 1.165) is 11.1 Å². The van der Waals surface area contributed by atoms with Crippen LogP contribution in [0.15, 0.2) is 53.5 Å². The van der Waals surface area contributed by atoms with Gasteiger partial charge in [0.15, 0.2) is 17.5 Å². The molecule has 0 saturated heterocycles. The zero-order valence-corrected chi connectivity index (χ0v) is 15.0. The van der Waals surface area contributed by atoms with Crippen molar-refractivity contribution in [2.24, 2.45) is 4.99 Å². The Kier molecular flexibility index (Phi) is 7.20. The van der Waals surface area contributed by atoms with Crippen LogP contribution in [0.25, 0.3) is 0 Å². The number of hydrogen-bond donors (Lipinski definition) is 2. The summed E-state index contributed by atoms with van der Waals surface area (Å²) in [6.07, 6.45) is 0. The molecule has 2 rings (SSSR count). The zero-order valence-electron chi connectivity index (χ0n) is 15.0. The third-order valence-electron chi connectivity index (χ3n) is 3.78. The fraction of sp³-hybridized carbons (Fsp3) is 0.316. The van der Waals surface area contributed by atoms with E-state index in [9.17, 15) is 8.78 Å². The Hall–Kier alpha value is -2.83. The van der Waals surface area contributed by atoms with Crippen LogP contribution in [0.1, 0.15) is 24.1 Å². The van der Waals surface area contributed by atoms with Gasteiger partial charge in [-0.2, -0.15) is 8.78 Å². The van der Waals surface area contributed by atoms with Crippen molar-refractivity contribution in [3.8, 4) is 11.5 Å². The summed E-state index contributed by atoms with van der Waals surface area (Å²) in [6, 6.07) is 14.9. The lowest BCUT2D eigenvalue weighted by atomic mass is 10.1.